The van der Waals surface area contributed by atoms with Crippen LogP contribution in [0.1, 0.15) is 25.0 Å². The lowest BCUT2D eigenvalue weighted by molar-refractivity contribution is 0.661. The highest BCUT2D eigenvalue weighted by Crippen LogP contribution is 2.57. The first-order valence-electron chi connectivity index (χ1n) is 48.2. The van der Waals surface area contributed by atoms with Gasteiger partial charge in [0, 0.05) is 5.41 Å². The van der Waals surface area contributed by atoms with Crippen LogP contribution in [0.5, 0.6) is 0 Å². The molecule has 137 heavy (non-hydrogen) atoms. The maximum atomic E-state index is 2.48. The zero-order valence-corrected chi connectivity index (χ0v) is 75.2. The van der Waals surface area contributed by atoms with Gasteiger partial charge in [0.2, 0.25) is 0 Å². The number of fused-ring (bicyclic) bond motifs is 7. The summed E-state index contributed by atoms with van der Waals surface area (Å²) in [6.07, 6.45) is 0. The summed E-state index contributed by atoms with van der Waals surface area (Å²) >= 11 is 0. The summed E-state index contributed by atoms with van der Waals surface area (Å²) in [6, 6.07) is 169. The predicted molar refractivity (Wildman–Crippen MR) is 591 cm³/mol. The van der Waals surface area contributed by atoms with E-state index in [2.05, 4.69) is 463 Å². The zero-order valence-electron chi connectivity index (χ0n) is 75.2. The molecule has 0 N–H and O–H groups in total. The highest BCUT2D eigenvalue weighted by molar-refractivity contribution is 6.34. The van der Waals surface area contributed by atoms with Crippen molar-refractivity contribution in [3.8, 4) is 100 Å². The van der Waals surface area contributed by atoms with Gasteiger partial charge in [0.15, 0.2) is 0 Å². The van der Waals surface area contributed by atoms with Crippen LogP contribution in [0, 0.1) is 0 Å². The minimum Gasteiger partial charge on any atom is -0.0610 e. The van der Waals surface area contributed by atoms with Gasteiger partial charge >= 0.3 is 0 Å². The van der Waals surface area contributed by atoms with Crippen molar-refractivity contribution in [1.82, 2.24) is 0 Å². The molecule has 0 aromatic heterocycles. The maximum absolute atomic E-state index is 2.48. The molecule has 33 rings (SSSR count). The lowest BCUT2D eigenvalue weighted by atomic mass is 9.80. The SMILES string of the molecule is CC1(C)c2cc(-c3cc4cccc5ccc6cccc3c6c54)ccc2-c2ccc(-c3cc4cccc5ccc6cccc3c6c54)cc21.c1cc2ccc3cccc4c(-c5ccc6c(c5)-c5cccc7c(-c8cc9cccc%10ccc%11cccc8c%11c%109)ccc-6c57)cc(c1)c2c34.c1cc2ccc3cccc4c(-c5ccc6ccc(-c7cc8cccc9ccc%10cccc7c%10c98)cc6c5)cc(c1)c2c34. The van der Waals surface area contributed by atoms with E-state index in [0.717, 1.165) is 0 Å². The summed E-state index contributed by atoms with van der Waals surface area (Å²) in [5.74, 6) is 0. The van der Waals surface area contributed by atoms with Gasteiger partial charge in [0.05, 0.1) is 0 Å². The Hall–Kier alpha value is -17.4. The van der Waals surface area contributed by atoms with E-state index in [9.17, 15) is 0 Å². The molecule has 0 radical (unpaired) electrons. The standard InChI is InChI=1S/C48H26.C47H30.C42H24/c1-6-27-16-18-29-8-3-12-37-41(25-32(10-1)44(27)46(29)37)31-20-21-34-40-23-22-35(36-14-5-15-39(48(36)40)42(34)24-31)43-26-33-11-2-7-28-17-19-30-9-4-13-38(43)47(30)45(28)33;1-47(2)41-25-31(39-23-33-11-3-7-27-15-17-29-9-5-13-37(39)45(29)43(27)33)19-21-35(41)36-22-20-32(26-42(36)47)40-24-34-12-4-8-28-16-18-30-10-6-14-38(40)46(30)44(28)34;1-5-26-15-17-28-7-3-11-35-37(23-32(9-1)39(26)41(28)35)30-19-13-25-14-20-31(22-34(25)21-30)38-24-33-10-2-6-27-16-18-29-8-4-12-36(38)42(29)40(27)33/h1-26H;3-26H,1-2H3;1-24H. The van der Waals surface area contributed by atoms with Crippen LogP contribution >= 0.6 is 0 Å². The molecule has 31 aromatic carbocycles. The second kappa shape index (κ2) is 27.9. The van der Waals surface area contributed by atoms with Crippen LogP contribution in [0.2, 0.25) is 0 Å². The Morgan fingerprint density at radius 2 is 0.321 bits per heavy atom. The minimum atomic E-state index is -0.130. The average molecular weight is 1730 g/mol. The Labute approximate surface area is 789 Å². The van der Waals surface area contributed by atoms with Crippen molar-refractivity contribution in [1.29, 1.82) is 0 Å². The van der Waals surface area contributed by atoms with Gasteiger partial charge in [0.25, 0.3) is 0 Å². The van der Waals surface area contributed by atoms with Gasteiger partial charge in [-0.15, -0.1) is 0 Å². The quantitative estimate of drug-likeness (QED) is 0.146. The van der Waals surface area contributed by atoms with Crippen molar-refractivity contribution in [2.45, 2.75) is 19.3 Å². The van der Waals surface area contributed by atoms with Gasteiger partial charge in [-0.25, -0.2) is 0 Å². The van der Waals surface area contributed by atoms with E-state index in [4.69, 9.17) is 0 Å². The molecule has 0 aliphatic heterocycles. The van der Waals surface area contributed by atoms with Crippen LogP contribution in [-0.2, 0) is 5.41 Å². The number of rotatable bonds is 6. The summed E-state index contributed by atoms with van der Waals surface area (Å²) in [5.41, 5.74) is 26.2. The first kappa shape index (κ1) is 75.2. The van der Waals surface area contributed by atoms with Gasteiger partial charge in [-0.1, -0.05) is 396 Å². The Morgan fingerprint density at radius 1 is 0.109 bits per heavy atom. The van der Waals surface area contributed by atoms with E-state index >= 15 is 0 Å². The fourth-order valence-corrected chi connectivity index (χ4v) is 25.9. The van der Waals surface area contributed by atoms with E-state index < -0.39 is 0 Å². The molecule has 0 fully saturated rings. The molecule has 0 unspecified atom stereocenters. The predicted octanol–water partition coefficient (Wildman–Crippen LogP) is 38.7. The molecule has 0 bridgehead atoms. The van der Waals surface area contributed by atoms with Crippen molar-refractivity contribution in [2.75, 3.05) is 0 Å². The van der Waals surface area contributed by atoms with Crippen LogP contribution in [0.15, 0.2) is 449 Å². The summed E-state index contributed by atoms with van der Waals surface area (Å²) in [7, 11) is 0. The van der Waals surface area contributed by atoms with Crippen molar-refractivity contribution >= 4 is 215 Å². The Morgan fingerprint density at radius 3 is 0.642 bits per heavy atom. The van der Waals surface area contributed by atoms with E-state index in [1.165, 1.54) is 327 Å². The van der Waals surface area contributed by atoms with E-state index in [0.29, 0.717) is 0 Å². The van der Waals surface area contributed by atoms with Crippen molar-refractivity contribution in [2.24, 2.45) is 0 Å². The summed E-state index contributed by atoms with van der Waals surface area (Å²) in [6.45, 7) is 4.81. The minimum absolute atomic E-state index is 0.130. The third-order valence-corrected chi connectivity index (χ3v) is 32.1. The Balaban J connectivity index is 0.0000000957. The first-order valence-corrected chi connectivity index (χ1v) is 48.2. The molecule has 2 aliphatic carbocycles. The monoisotopic (exact) mass is 1720 g/mol. The second-order valence-electron chi connectivity index (χ2n) is 39.4. The molecule has 628 valence electrons. The van der Waals surface area contributed by atoms with Crippen LogP contribution in [0.3, 0.4) is 0 Å². The number of hydrogen-bond acceptors (Lipinski definition) is 0. The van der Waals surface area contributed by atoms with Gasteiger partial charge < -0.3 is 0 Å². The lowest BCUT2D eigenvalue weighted by Gasteiger charge is -2.23. The van der Waals surface area contributed by atoms with Crippen LogP contribution < -0.4 is 0 Å². The fourth-order valence-electron chi connectivity index (χ4n) is 25.9. The third-order valence-electron chi connectivity index (χ3n) is 32.1. The highest BCUT2D eigenvalue weighted by Gasteiger charge is 2.37. The van der Waals surface area contributed by atoms with Crippen molar-refractivity contribution < 1.29 is 0 Å². The fraction of sp³-hybridized carbons (Fsp3) is 0.0219. The molecule has 0 nitrogen and oxygen atoms in total. The smallest absolute Gasteiger partial charge is 0.0159 e. The third kappa shape index (κ3) is 10.7. The van der Waals surface area contributed by atoms with Gasteiger partial charge in [-0.05, 0) is 393 Å². The number of benzene rings is 31. The molecule has 0 spiro atoms. The summed E-state index contributed by atoms with van der Waals surface area (Å²) < 4.78 is 0. The lowest BCUT2D eigenvalue weighted by Crippen LogP contribution is -2.15. The van der Waals surface area contributed by atoms with Gasteiger partial charge in [-0.3, -0.25) is 0 Å². The average Bonchev–Trinajstić information content (AvgIpc) is 1.71. The molecular weight excluding hydrogens is 1650 g/mol. The first-order chi connectivity index (χ1) is 67.6. The Kier molecular flexibility index (Phi) is 15.3. The largest absolute Gasteiger partial charge is 0.0610 e. The second-order valence-corrected chi connectivity index (χ2v) is 39.4. The summed E-state index contributed by atoms with van der Waals surface area (Å²) in [5, 5.41) is 53.0. The van der Waals surface area contributed by atoms with Crippen molar-refractivity contribution in [3.63, 3.8) is 0 Å². The van der Waals surface area contributed by atoms with Gasteiger partial charge in [-0.2, -0.15) is 0 Å². The van der Waals surface area contributed by atoms with Crippen LogP contribution in [0.25, 0.3) is 316 Å². The molecule has 0 heteroatoms. The normalized spacial score (nSPS) is 12.9. The zero-order chi connectivity index (χ0) is 89.5. The van der Waals surface area contributed by atoms with E-state index in [1.54, 1.807) is 0 Å². The molecular formula is C137H80. The van der Waals surface area contributed by atoms with E-state index in [-0.39, 0.29) is 5.41 Å². The Bertz CT molecular complexity index is 10300. The maximum Gasteiger partial charge on any atom is 0.0159 e. The van der Waals surface area contributed by atoms with Crippen LogP contribution in [0.4, 0.5) is 0 Å². The van der Waals surface area contributed by atoms with Crippen molar-refractivity contribution in [3.05, 3.63) is 460 Å². The molecule has 2 aliphatic rings. The van der Waals surface area contributed by atoms with Gasteiger partial charge in [0.1, 0.15) is 0 Å². The molecule has 31 aromatic rings. The molecule has 0 heterocycles. The van der Waals surface area contributed by atoms with Crippen LogP contribution in [-0.4, -0.2) is 0 Å². The molecule has 0 amide bonds. The van der Waals surface area contributed by atoms with E-state index in [1.807, 2.05) is 0 Å². The molecule has 0 atom stereocenters. The molecule has 0 saturated carbocycles. The molecule has 0 saturated heterocycles. The topological polar surface area (TPSA) is 0 Å². The summed E-state index contributed by atoms with van der Waals surface area (Å²) in [4.78, 5) is 0. The highest BCUT2D eigenvalue weighted by atomic mass is 14.4. The number of hydrogen-bond donors (Lipinski definition) is 0.